The maximum absolute atomic E-state index is 12.8. The molecule has 7 nitrogen and oxygen atoms in total. The summed E-state index contributed by atoms with van der Waals surface area (Å²) in [7, 11) is -3.79. The van der Waals surface area contributed by atoms with Gasteiger partial charge in [-0.3, -0.25) is 4.79 Å². The number of benzene rings is 1. The van der Waals surface area contributed by atoms with Crippen LogP contribution in [0.15, 0.2) is 47.5 Å². The van der Waals surface area contributed by atoms with Crippen molar-refractivity contribution in [3.05, 3.63) is 53.2 Å². The van der Waals surface area contributed by atoms with Gasteiger partial charge in [0.25, 0.3) is 0 Å². The third-order valence-electron chi connectivity index (χ3n) is 4.74. The smallest absolute Gasteiger partial charge is 0.367 e. The standard InChI is InChI=1S/C19H20ClF3N4O3S/c20-15-11-13(19(21,22)23)12-26-17(15)24-8-9-25-18(28)16-7-4-10-27(16)31(29,30)14-5-2-1-3-6-14/h1-3,5-6,11-12,16H,4,7-10H2,(H,24,26)(H,25,28)/t16-/m0/s1. The number of carbonyl (C=O) groups excluding carboxylic acids is 1. The van der Waals surface area contributed by atoms with Crippen LogP contribution in [-0.4, -0.2) is 49.3 Å². The SMILES string of the molecule is O=C(NCCNc1ncc(C(F)(F)F)cc1Cl)[C@@H]1CCCN1S(=O)(=O)c1ccccc1. The molecule has 168 valence electrons. The third kappa shape index (κ3) is 5.46. The topological polar surface area (TPSA) is 91.4 Å². The molecule has 1 amide bonds. The largest absolute Gasteiger partial charge is 0.417 e. The number of pyridine rings is 1. The highest BCUT2D eigenvalue weighted by atomic mass is 35.5. The van der Waals surface area contributed by atoms with E-state index in [2.05, 4.69) is 15.6 Å². The third-order valence-corrected chi connectivity index (χ3v) is 6.95. The van der Waals surface area contributed by atoms with Crippen LogP contribution in [0.25, 0.3) is 0 Å². The lowest BCUT2D eigenvalue weighted by Crippen LogP contribution is -2.46. The molecule has 1 saturated heterocycles. The fraction of sp³-hybridized carbons (Fsp3) is 0.368. The number of aromatic nitrogens is 1. The summed E-state index contributed by atoms with van der Waals surface area (Å²) < 4.78 is 64.8. The second kappa shape index (κ2) is 9.41. The van der Waals surface area contributed by atoms with E-state index in [9.17, 15) is 26.4 Å². The number of anilines is 1. The number of hydrogen-bond donors (Lipinski definition) is 2. The number of nitrogens with one attached hydrogen (secondary N) is 2. The first-order valence-corrected chi connectivity index (χ1v) is 11.2. The van der Waals surface area contributed by atoms with Gasteiger partial charge in [0.05, 0.1) is 15.5 Å². The lowest BCUT2D eigenvalue weighted by Gasteiger charge is -2.23. The van der Waals surface area contributed by atoms with E-state index in [1.165, 1.54) is 16.4 Å². The van der Waals surface area contributed by atoms with Crippen molar-refractivity contribution in [2.24, 2.45) is 0 Å². The highest BCUT2D eigenvalue weighted by Crippen LogP contribution is 2.32. The van der Waals surface area contributed by atoms with Crippen LogP contribution in [-0.2, 0) is 21.0 Å². The van der Waals surface area contributed by atoms with Crippen LogP contribution in [0.5, 0.6) is 0 Å². The van der Waals surface area contributed by atoms with Crippen molar-refractivity contribution in [1.29, 1.82) is 0 Å². The number of alkyl halides is 3. The maximum atomic E-state index is 12.8. The van der Waals surface area contributed by atoms with Gasteiger partial charge >= 0.3 is 6.18 Å². The van der Waals surface area contributed by atoms with Crippen LogP contribution >= 0.6 is 11.6 Å². The maximum Gasteiger partial charge on any atom is 0.417 e. The molecule has 1 aromatic carbocycles. The molecule has 1 fully saturated rings. The summed E-state index contributed by atoms with van der Waals surface area (Å²) in [4.78, 5) is 16.3. The predicted molar refractivity (Wildman–Crippen MR) is 109 cm³/mol. The zero-order valence-electron chi connectivity index (χ0n) is 16.2. The van der Waals surface area contributed by atoms with Crippen LogP contribution in [0.4, 0.5) is 19.0 Å². The Morgan fingerprint density at radius 2 is 1.94 bits per heavy atom. The average molecular weight is 477 g/mol. The number of amides is 1. The Bertz CT molecular complexity index is 1040. The van der Waals surface area contributed by atoms with E-state index in [0.29, 0.717) is 19.0 Å². The fourth-order valence-corrected chi connectivity index (χ4v) is 5.14. The van der Waals surface area contributed by atoms with Gasteiger partial charge < -0.3 is 10.6 Å². The van der Waals surface area contributed by atoms with Gasteiger partial charge in [-0.15, -0.1) is 0 Å². The number of halogens is 4. The van der Waals surface area contributed by atoms with Crippen molar-refractivity contribution in [2.45, 2.75) is 30.0 Å². The molecule has 3 rings (SSSR count). The van der Waals surface area contributed by atoms with Crippen LogP contribution in [0.1, 0.15) is 18.4 Å². The van der Waals surface area contributed by atoms with E-state index in [1.54, 1.807) is 18.2 Å². The van der Waals surface area contributed by atoms with Gasteiger partial charge in [-0.2, -0.15) is 17.5 Å². The number of rotatable bonds is 7. The zero-order valence-corrected chi connectivity index (χ0v) is 17.8. The average Bonchev–Trinajstić information content (AvgIpc) is 3.23. The Labute approximate surface area is 182 Å². The van der Waals surface area contributed by atoms with Crippen molar-refractivity contribution < 1.29 is 26.4 Å². The van der Waals surface area contributed by atoms with Gasteiger partial charge in [0.15, 0.2) is 0 Å². The van der Waals surface area contributed by atoms with Gasteiger partial charge in [-0.05, 0) is 31.0 Å². The lowest BCUT2D eigenvalue weighted by atomic mass is 10.2. The molecular formula is C19H20ClF3N4O3S. The molecule has 1 atom stereocenters. The molecule has 31 heavy (non-hydrogen) atoms. The Hall–Kier alpha value is -2.37. The molecule has 0 saturated carbocycles. The molecule has 1 aliphatic heterocycles. The van der Waals surface area contributed by atoms with Gasteiger partial charge in [0, 0.05) is 25.8 Å². The quantitative estimate of drug-likeness (QED) is 0.599. The van der Waals surface area contributed by atoms with Crippen molar-refractivity contribution in [2.75, 3.05) is 25.0 Å². The molecule has 0 aliphatic carbocycles. The van der Waals surface area contributed by atoms with E-state index in [4.69, 9.17) is 11.6 Å². The first-order valence-electron chi connectivity index (χ1n) is 9.42. The predicted octanol–water partition coefficient (Wildman–Crippen LogP) is 3.14. The lowest BCUT2D eigenvalue weighted by molar-refractivity contribution is -0.137. The first-order chi connectivity index (χ1) is 14.6. The van der Waals surface area contributed by atoms with Crippen LogP contribution < -0.4 is 10.6 Å². The second-order valence-electron chi connectivity index (χ2n) is 6.86. The minimum atomic E-state index is -4.55. The van der Waals surface area contributed by atoms with Crippen LogP contribution in [0.3, 0.4) is 0 Å². The highest BCUT2D eigenvalue weighted by molar-refractivity contribution is 7.89. The van der Waals surface area contributed by atoms with Crippen molar-refractivity contribution in [3.63, 3.8) is 0 Å². The molecule has 2 N–H and O–H groups in total. The molecule has 0 bridgehead atoms. The normalized spacial score (nSPS) is 17.5. The van der Waals surface area contributed by atoms with Crippen LogP contribution in [0.2, 0.25) is 5.02 Å². The minimum absolute atomic E-state index is 0.0538. The molecule has 12 heteroatoms. The number of nitrogens with zero attached hydrogens (tertiary/aromatic N) is 2. The van der Waals surface area contributed by atoms with E-state index in [1.807, 2.05) is 0 Å². The summed E-state index contributed by atoms with van der Waals surface area (Å²) in [5, 5.41) is 5.20. The molecular weight excluding hydrogens is 457 g/mol. The summed E-state index contributed by atoms with van der Waals surface area (Å²) in [6, 6.07) is 7.84. The van der Waals surface area contributed by atoms with E-state index in [0.717, 1.165) is 6.07 Å². The van der Waals surface area contributed by atoms with E-state index >= 15 is 0 Å². The highest BCUT2D eigenvalue weighted by Gasteiger charge is 2.39. The summed E-state index contributed by atoms with van der Waals surface area (Å²) in [5.41, 5.74) is -0.961. The van der Waals surface area contributed by atoms with Crippen molar-refractivity contribution in [1.82, 2.24) is 14.6 Å². The summed E-state index contributed by atoms with van der Waals surface area (Å²) in [6.45, 7) is 0.494. The number of hydrogen-bond acceptors (Lipinski definition) is 5. The first kappa shape index (κ1) is 23.3. The summed E-state index contributed by atoms with van der Waals surface area (Å²) in [5.74, 6) is -0.386. The Morgan fingerprint density at radius 3 is 2.58 bits per heavy atom. The molecule has 2 heterocycles. The number of carbonyl (C=O) groups is 1. The number of sulfonamides is 1. The van der Waals surface area contributed by atoms with Gasteiger partial charge in [0.1, 0.15) is 11.9 Å². The second-order valence-corrected chi connectivity index (χ2v) is 9.15. The molecule has 0 radical (unpaired) electrons. The molecule has 1 aliphatic rings. The molecule has 1 aromatic heterocycles. The van der Waals surface area contributed by atoms with Crippen molar-refractivity contribution in [3.8, 4) is 0 Å². The van der Waals surface area contributed by atoms with Gasteiger partial charge in [0.2, 0.25) is 15.9 Å². The fourth-order valence-electron chi connectivity index (χ4n) is 3.23. The van der Waals surface area contributed by atoms with Crippen molar-refractivity contribution >= 4 is 33.3 Å². The molecule has 2 aromatic rings. The Balaban J connectivity index is 1.55. The monoisotopic (exact) mass is 476 g/mol. The van der Waals surface area contributed by atoms with Crippen LogP contribution in [0, 0.1) is 0 Å². The Morgan fingerprint density at radius 1 is 1.23 bits per heavy atom. The Kier molecular flexibility index (Phi) is 7.07. The van der Waals surface area contributed by atoms with E-state index in [-0.39, 0.29) is 35.4 Å². The summed E-state index contributed by atoms with van der Waals surface area (Å²) >= 11 is 5.82. The summed E-state index contributed by atoms with van der Waals surface area (Å²) in [6.07, 6.45) is -2.92. The van der Waals surface area contributed by atoms with E-state index < -0.39 is 33.7 Å². The zero-order chi connectivity index (χ0) is 22.6. The molecule has 0 unspecified atom stereocenters. The van der Waals surface area contributed by atoms with Gasteiger partial charge in [-0.1, -0.05) is 29.8 Å². The minimum Gasteiger partial charge on any atom is -0.367 e. The molecule has 0 spiro atoms. The van der Waals surface area contributed by atoms with Gasteiger partial charge in [-0.25, -0.2) is 13.4 Å².